The van der Waals surface area contributed by atoms with Gasteiger partial charge in [0.05, 0.1) is 5.83 Å². The van der Waals surface area contributed by atoms with Crippen molar-refractivity contribution in [2.75, 3.05) is 0 Å². The van der Waals surface area contributed by atoms with Gasteiger partial charge in [-0.2, -0.15) is 0 Å². The number of rotatable bonds is 1. The Bertz CT molecular complexity index is 499. The van der Waals surface area contributed by atoms with Crippen molar-refractivity contribution in [3.63, 3.8) is 0 Å². The fourth-order valence-corrected chi connectivity index (χ4v) is 1.02. The maximum Gasteiger partial charge on any atom is 0.124 e. The monoisotopic (exact) mass is 310 g/mol. The van der Waals surface area contributed by atoms with E-state index in [1.807, 2.05) is 26.8 Å². The lowest BCUT2D eigenvalue weighted by Crippen LogP contribution is -1.71. The first kappa shape index (κ1) is 22.3. The zero-order valence-corrected chi connectivity index (χ0v) is 14.2. The van der Waals surface area contributed by atoms with E-state index in [0.29, 0.717) is 12.0 Å². The van der Waals surface area contributed by atoms with Crippen LogP contribution in [0.25, 0.3) is 0 Å². The fourth-order valence-electron chi connectivity index (χ4n) is 1.02. The second kappa shape index (κ2) is 14.0. The molecule has 1 aliphatic rings. The van der Waals surface area contributed by atoms with Crippen LogP contribution in [0.3, 0.4) is 0 Å². The molecule has 0 unspecified atom stereocenters. The second-order valence-corrected chi connectivity index (χ2v) is 4.69. The van der Waals surface area contributed by atoms with E-state index in [-0.39, 0.29) is 5.83 Å². The summed E-state index contributed by atoms with van der Waals surface area (Å²) in [5, 5.41) is 0. The van der Waals surface area contributed by atoms with Crippen molar-refractivity contribution in [2.24, 2.45) is 0 Å². The van der Waals surface area contributed by atoms with E-state index < -0.39 is 11.7 Å². The van der Waals surface area contributed by atoms with Gasteiger partial charge in [-0.15, -0.1) is 11.8 Å². The van der Waals surface area contributed by atoms with Gasteiger partial charge >= 0.3 is 0 Å². The van der Waals surface area contributed by atoms with Gasteiger partial charge in [0, 0.05) is 6.08 Å². The Morgan fingerprint density at radius 2 is 1.59 bits per heavy atom. The third-order valence-corrected chi connectivity index (χ3v) is 2.31. The molecule has 0 fully saturated rings. The van der Waals surface area contributed by atoms with Crippen LogP contribution < -0.4 is 0 Å². The molecule has 22 heavy (non-hydrogen) atoms. The van der Waals surface area contributed by atoms with Crippen molar-refractivity contribution >= 4 is 0 Å². The summed E-state index contributed by atoms with van der Waals surface area (Å²) in [7, 11) is 0. The summed E-state index contributed by atoms with van der Waals surface area (Å²) in [6.07, 6.45) is 8.40. The van der Waals surface area contributed by atoms with E-state index >= 15 is 0 Å². The summed E-state index contributed by atoms with van der Waals surface area (Å²) in [6.45, 7) is 10.00. The summed E-state index contributed by atoms with van der Waals surface area (Å²) < 4.78 is 36.6. The summed E-state index contributed by atoms with van der Waals surface area (Å²) >= 11 is 0. The van der Waals surface area contributed by atoms with Crippen LogP contribution in [-0.2, 0) is 0 Å². The molecular formula is C19H25F3. The molecule has 0 aromatic carbocycles. The first-order valence-corrected chi connectivity index (χ1v) is 6.95. The predicted octanol–water partition coefficient (Wildman–Crippen LogP) is 6.90. The van der Waals surface area contributed by atoms with Crippen molar-refractivity contribution < 1.29 is 13.2 Å². The molecule has 0 spiro atoms. The standard InChI is InChI=1S/C8H9F.C7H10F2.C4H6/c1-7-3-2-4-8(9)6-5-7;1-5(2)7(9)4-6(3)8;1-3-4-2/h3-6H,2H2,1H3;4H,1-3H3;1-2H3/b;6-4+;. The van der Waals surface area contributed by atoms with E-state index in [1.54, 1.807) is 26.0 Å². The van der Waals surface area contributed by atoms with Gasteiger partial charge in [-0.3, -0.25) is 0 Å². The molecule has 3 heteroatoms. The van der Waals surface area contributed by atoms with Gasteiger partial charge < -0.3 is 0 Å². The molecule has 0 nitrogen and oxygen atoms in total. The van der Waals surface area contributed by atoms with Crippen molar-refractivity contribution in [3.05, 3.63) is 59.0 Å². The Morgan fingerprint density at radius 3 is 1.95 bits per heavy atom. The molecule has 122 valence electrons. The Labute approximate surface area is 132 Å². The highest BCUT2D eigenvalue weighted by Crippen LogP contribution is 2.10. The lowest BCUT2D eigenvalue weighted by Gasteiger charge is -1.89. The van der Waals surface area contributed by atoms with Crippen molar-refractivity contribution in [1.82, 2.24) is 0 Å². The van der Waals surface area contributed by atoms with Crippen molar-refractivity contribution in [1.29, 1.82) is 0 Å². The molecule has 0 aromatic heterocycles. The molecule has 0 N–H and O–H groups in total. The quantitative estimate of drug-likeness (QED) is 0.365. The molecule has 1 aliphatic carbocycles. The van der Waals surface area contributed by atoms with Crippen LogP contribution in [0.15, 0.2) is 59.0 Å². The van der Waals surface area contributed by atoms with Crippen LogP contribution >= 0.6 is 0 Å². The summed E-state index contributed by atoms with van der Waals surface area (Å²) in [4.78, 5) is 0. The highest BCUT2D eigenvalue weighted by atomic mass is 19.1. The number of hydrogen-bond donors (Lipinski definition) is 0. The number of halogens is 3. The van der Waals surface area contributed by atoms with Gasteiger partial charge in [0.1, 0.15) is 11.7 Å². The Hall–Kier alpha value is -1.95. The lowest BCUT2D eigenvalue weighted by atomic mass is 10.2. The number of hydrogen-bond acceptors (Lipinski definition) is 0. The number of allylic oxidation sites excluding steroid dienone is 10. The third-order valence-electron chi connectivity index (χ3n) is 2.31. The van der Waals surface area contributed by atoms with Gasteiger partial charge in [0.15, 0.2) is 0 Å². The smallest absolute Gasteiger partial charge is 0.124 e. The molecule has 0 saturated heterocycles. The van der Waals surface area contributed by atoms with E-state index in [9.17, 15) is 13.2 Å². The maximum atomic E-state index is 12.4. The molecule has 0 saturated carbocycles. The fraction of sp³-hybridized carbons (Fsp3) is 0.368. The van der Waals surface area contributed by atoms with Gasteiger partial charge in [-0.1, -0.05) is 17.7 Å². The Morgan fingerprint density at radius 1 is 1.05 bits per heavy atom. The van der Waals surface area contributed by atoms with E-state index in [2.05, 4.69) is 11.8 Å². The summed E-state index contributed by atoms with van der Waals surface area (Å²) in [5.74, 6) is 4.23. The van der Waals surface area contributed by atoms with Crippen LogP contribution in [0.4, 0.5) is 13.2 Å². The molecule has 0 aliphatic heterocycles. The summed E-state index contributed by atoms with van der Waals surface area (Å²) in [6, 6.07) is 0. The molecule has 0 aromatic rings. The van der Waals surface area contributed by atoms with Crippen LogP contribution in [0.1, 0.15) is 48.0 Å². The molecular weight excluding hydrogens is 285 g/mol. The molecule has 0 amide bonds. The predicted molar refractivity (Wildman–Crippen MR) is 90.2 cm³/mol. The average molecular weight is 310 g/mol. The van der Waals surface area contributed by atoms with Gasteiger partial charge in [-0.05, 0) is 65.7 Å². The van der Waals surface area contributed by atoms with Crippen LogP contribution in [0, 0.1) is 11.8 Å². The largest absolute Gasteiger partial charge is 0.212 e. The normalized spacial score (nSPS) is 12.9. The van der Waals surface area contributed by atoms with Gasteiger partial charge in [0.25, 0.3) is 0 Å². The lowest BCUT2D eigenvalue weighted by molar-refractivity contribution is 0.609. The van der Waals surface area contributed by atoms with E-state index in [1.165, 1.54) is 13.0 Å². The Kier molecular flexibility index (Phi) is 14.2. The second-order valence-electron chi connectivity index (χ2n) is 4.69. The van der Waals surface area contributed by atoms with E-state index in [0.717, 1.165) is 11.6 Å². The Balaban J connectivity index is 0. The van der Waals surface area contributed by atoms with Gasteiger partial charge in [0.2, 0.25) is 0 Å². The first-order valence-electron chi connectivity index (χ1n) is 6.95. The molecule has 0 atom stereocenters. The van der Waals surface area contributed by atoms with Crippen molar-refractivity contribution in [3.8, 4) is 11.8 Å². The average Bonchev–Trinajstić information content (AvgIpc) is 2.63. The van der Waals surface area contributed by atoms with Crippen LogP contribution in [-0.4, -0.2) is 0 Å². The third kappa shape index (κ3) is 16.1. The zero-order valence-electron chi connectivity index (χ0n) is 14.2. The van der Waals surface area contributed by atoms with E-state index in [4.69, 9.17) is 0 Å². The minimum Gasteiger partial charge on any atom is -0.212 e. The maximum absolute atomic E-state index is 12.4. The van der Waals surface area contributed by atoms with Crippen molar-refractivity contribution in [2.45, 2.75) is 48.0 Å². The molecule has 0 bridgehead atoms. The molecule has 1 rings (SSSR count). The van der Waals surface area contributed by atoms with Gasteiger partial charge in [-0.25, -0.2) is 13.2 Å². The van der Waals surface area contributed by atoms with Crippen LogP contribution in [0.5, 0.6) is 0 Å². The molecule has 0 heterocycles. The molecule has 0 radical (unpaired) electrons. The minimum absolute atomic E-state index is 0.136. The summed E-state index contributed by atoms with van der Waals surface area (Å²) in [5.41, 5.74) is 1.62. The highest BCUT2D eigenvalue weighted by molar-refractivity contribution is 5.27. The zero-order chi connectivity index (χ0) is 17.5. The highest BCUT2D eigenvalue weighted by Gasteiger charge is 1.92. The first-order chi connectivity index (χ1) is 10.2. The van der Waals surface area contributed by atoms with Crippen LogP contribution in [0.2, 0.25) is 0 Å². The SMILES string of the molecule is CC#CC.CC(C)=C(F)/C=C(\C)F.CC1=CCC=C(F)C=C1. The topological polar surface area (TPSA) is 0 Å². The minimum atomic E-state index is -0.506.